The summed E-state index contributed by atoms with van der Waals surface area (Å²) in [6, 6.07) is 3.98. The van der Waals surface area contributed by atoms with Crippen LogP contribution in [0, 0.1) is 6.92 Å². The van der Waals surface area contributed by atoms with E-state index in [1.807, 2.05) is 6.07 Å². The Hall–Kier alpha value is -0.930. The fraction of sp³-hybridized carbons (Fsp3) is 0.333. The van der Waals surface area contributed by atoms with Gasteiger partial charge in [0.1, 0.15) is 5.15 Å². The molecule has 0 atom stereocenters. The van der Waals surface area contributed by atoms with Gasteiger partial charge in [0.15, 0.2) is 5.82 Å². The monoisotopic (exact) mass is 250 g/mol. The lowest BCUT2D eigenvalue weighted by atomic mass is 10.2. The quantitative estimate of drug-likeness (QED) is 0.752. The first kappa shape index (κ1) is 10.2. The molecule has 2 nitrogen and oxygen atoms in total. The second-order valence-electron chi connectivity index (χ2n) is 4.15. The SMILES string of the molecule is Cc1ccsc1-c1nc(Cl)cc(C2CC2)n1. The zero-order valence-electron chi connectivity index (χ0n) is 8.90. The molecule has 2 aromatic rings. The summed E-state index contributed by atoms with van der Waals surface area (Å²) < 4.78 is 0. The first-order valence-electron chi connectivity index (χ1n) is 5.33. The minimum Gasteiger partial charge on any atom is -0.232 e. The van der Waals surface area contributed by atoms with E-state index < -0.39 is 0 Å². The highest BCUT2D eigenvalue weighted by Crippen LogP contribution is 2.40. The van der Waals surface area contributed by atoms with Gasteiger partial charge in [0.25, 0.3) is 0 Å². The zero-order valence-corrected chi connectivity index (χ0v) is 10.5. The van der Waals surface area contributed by atoms with Crippen LogP contribution >= 0.6 is 22.9 Å². The maximum atomic E-state index is 6.04. The summed E-state index contributed by atoms with van der Waals surface area (Å²) in [5.41, 5.74) is 2.32. The van der Waals surface area contributed by atoms with E-state index in [1.54, 1.807) is 11.3 Å². The van der Waals surface area contributed by atoms with Gasteiger partial charge in [-0.1, -0.05) is 11.6 Å². The highest BCUT2D eigenvalue weighted by molar-refractivity contribution is 7.13. The first-order chi connectivity index (χ1) is 7.74. The molecule has 0 bridgehead atoms. The number of rotatable bonds is 2. The Morgan fingerprint density at radius 1 is 1.38 bits per heavy atom. The molecule has 0 aromatic carbocycles. The van der Waals surface area contributed by atoms with E-state index in [-0.39, 0.29) is 0 Å². The molecule has 3 rings (SSSR count). The van der Waals surface area contributed by atoms with Crippen molar-refractivity contribution in [1.29, 1.82) is 0 Å². The van der Waals surface area contributed by atoms with Crippen molar-refractivity contribution in [3.63, 3.8) is 0 Å². The maximum absolute atomic E-state index is 6.04. The van der Waals surface area contributed by atoms with Crippen molar-refractivity contribution in [2.45, 2.75) is 25.7 Å². The minimum absolute atomic E-state index is 0.555. The molecule has 4 heteroatoms. The van der Waals surface area contributed by atoms with E-state index in [0.29, 0.717) is 11.1 Å². The van der Waals surface area contributed by atoms with Gasteiger partial charge in [-0.25, -0.2) is 9.97 Å². The van der Waals surface area contributed by atoms with E-state index in [1.165, 1.54) is 18.4 Å². The molecule has 0 unspecified atom stereocenters. The minimum atomic E-state index is 0.555. The molecule has 1 aliphatic rings. The first-order valence-corrected chi connectivity index (χ1v) is 6.59. The highest BCUT2D eigenvalue weighted by Gasteiger charge is 2.26. The summed E-state index contributed by atoms with van der Waals surface area (Å²) in [6.07, 6.45) is 2.46. The summed E-state index contributed by atoms with van der Waals surface area (Å²) in [5, 5.41) is 2.62. The van der Waals surface area contributed by atoms with Gasteiger partial charge >= 0.3 is 0 Å². The van der Waals surface area contributed by atoms with Crippen molar-refractivity contribution in [1.82, 2.24) is 9.97 Å². The van der Waals surface area contributed by atoms with Gasteiger partial charge in [0.05, 0.1) is 4.88 Å². The molecular formula is C12H11ClN2S. The summed E-state index contributed by atoms with van der Waals surface area (Å²) in [4.78, 5) is 10.1. The predicted octanol–water partition coefficient (Wildman–Crippen LogP) is 4.04. The number of nitrogens with zero attached hydrogens (tertiary/aromatic N) is 2. The largest absolute Gasteiger partial charge is 0.232 e. The molecule has 2 aromatic heterocycles. The zero-order chi connectivity index (χ0) is 11.1. The number of hydrogen-bond donors (Lipinski definition) is 0. The third kappa shape index (κ3) is 1.85. The smallest absolute Gasteiger partial charge is 0.171 e. The van der Waals surface area contributed by atoms with Crippen LogP contribution in [0.4, 0.5) is 0 Å². The summed E-state index contributed by atoms with van der Waals surface area (Å²) in [5.74, 6) is 1.39. The van der Waals surface area contributed by atoms with Gasteiger partial charge in [-0.2, -0.15) is 0 Å². The van der Waals surface area contributed by atoms with Gasteiger partial charge in [-0.05, 0) is 42.8 Å². The highest BCUT2D eigenvalue weighted by atomic mass is 35.5. The molecule has 0 aliphatic heterocycles. The maximum Gasteiger partial charge on any atom is 0.171 e. The topological polar surface area (TPSA) is 25.8 Å². The van der Waals surface area contributed by atoms with Crippen LogP contribution in [0.25, 0.3) is 10.7 Å². The van der Waals surface area contributed by atoms with Gasteiger partial charge in [-0.15, -0.1) is 11.3 Å². The van der Waals surface area contributed by atoms with Crippen LogP contribution in [-0.2, 0) is 0 Å². The molecule has 0 saturated heterocycles. The Balaban J connectivity index is 2.10. The standard InChI is InChI=1S/C12H11ClN2S/c1-7-4-5-16-11(7)12-14-9(8-2-3-8)6-10(13)15-12/h4-6,8H,2-3H2,1H3. The Labute approximate surface area is 103 Å². The van der Waals surface area contributed by atoms with Crippen molar-refractivity contribution in [3.8, 4) is 10.7 Å². The third-order valence-electron chi connectivity index (χ3n) is 2.78. The van der Waals surface area contributed by atoms with Crippen LogP contribution in [0.5, 0.6) is 0 Å². The Bertz CT molecular complexity index is 532. The fourth-order valence-electron chi connectivity index (χ4n) is 1.73. The summed E-state index contributed by atoms with van der Waals surface area (Å²) >= 11 is 7.71. The number of hydrogen-bond acceptors (Lipinski definition) is 3. The second kappa shape index (κ2) is 3.82. The molecule has 0 amide bonds. The van der Waals surface area contributed by atoms with Crippen LogP contribution in [-0.4, -0.2) is 9.97 Å². The molecule has 16 heavy (non-hydrogen) atoms. The van der Waals surface area contributed by atoms with Crippen LogP contribution in [0.2, 0.25) is 5.15 Å². The van der Waals surface area contributed by atoms with Crippen LogP contribution in [0.15, 0.2) is 17.5 Å². The lowest BCUT2D eigenvalue weighted by molar-refractivity contribution is 0.996. The molecular weight excluding hydrogens is 240 g/mol. The fourth-order valence-corrected chi connectivity index (χ4v) is 2.78. The summed E-state index contributed by atoms with van der Waals surface area (Å²) in [7, 11) is 0. The van der Waals surface area contributed by atoms with Crippen LogP contribution < -0.4 is 0 Å². The molecule has 82 valence electrons. The Kier molecular flexibility index (Phi) is 2.45. The molecule has 0 spiro atoms. The van der Waals surface area contributed by atoms with Crippen molar-refractivity contribution < 1.29 is 0 Å². The Morgan fingerprint density at radius 2 is 2.19 bits per heavy atom. The molecule has 2 heterocycles. The van der Waals surface area contributed by atoms with Crippen molar-refractivity contribution in [2.75, 3.05) is 0 Å². The molecule has 0 radical (unpaired) electrons. The number of thiophene rings is 1. The van der Waals surface area contributed by atoms with E-state index in [2.05, 4.69) is 28.3 Å². The molecule has 1 fully saturated rings. The number of halogens is 1. The molecule has 1 aliphatic carbocycles. The normalized spacial score (nSPS) is 15.4. The number of aromatic nitrogens is 2. The van der Waals surface area contributed by atoms with Crippen molar-refractivity contribution >= 4 is 22.9 Å². The second-order valence-corrected chi connectivity index (χ2v) is 5.45. The number of aryl methyl sites for hydroxylation is 1. The molecule has 0 N–H and O–H groups in total. The van der Waals surface area contributed by atoms with Crippen molar-refractivity contribution in [2.24, 2.45) is 0 Å². The van der Waals surface area contributed by atoms with Gasteiger partial charge in [-0.3, -0.25) is 0 Å². The van der Waals surface area contributed by atoms with E-state index in [0.717, 1.165) is 16.4 Å². The lowest BCUT2D eigenvalue weighted by Crippen LogP contribution is -1.94. The molecule has 1 saturated carbocycles. The van der Waals surface area contributed by atoms with Gasteiger partial charge in [0, 0.05) is 11.6 Å². The van der Waals surface area contributed by atoms with Crippen LogP contribution in [0.3, 0.4) is 0 Å². The predicted molar refractivity (Wildman–Crippen MR) is 67.1 cm³/mol. The van der Waals surface area contributed by atoms with Gasteiger partial charge in [0.2, 0.25) is 0 Å². The lowest BCUT2D eigenvalue weighted by Gasteiger charge is -2.03. The Morgan fingerprint density at radius 3 is 2.81 bits per heavy atom. The van der Waals surface area contributed by atoms with Crippen molar-refractivity contribution in [3.05, 3.63) is 33.9 Å². The van der Waals surface area contributed by atoms with E-state index in [4.69, 9.17) is 11.6 Å². The van der Waals surface area contributed by atoms with E-state index >= 15 is 0 Å². The average molecular weight is 251 g/mol. The van der Waals surface area contributed by atoms with Crippen LogP contribution in [0.1, 0.15) is 30.0 Å². The third-order valence-corrected chi connectivity index (χ3v) is 3.98. The van der Waals surface area contributed by atoms with E-state index in [9.17, 15) is 0 Å². The summed E-state index contributed by atoms with van der Waals surface area (Å²) in [6.45, 7) is 2.08. The average Bonchev–Trinajstić information content (AvgIpc) is 3.01. The van der Waals surface area contributed by atoms with Gasteiger partial charge < -0.3 is 0 Å².